The van der Waals surface area contributed by atoms with Crippen molar-refractivity contribution in [2.24, 2.45) is 0 Å². The first-order valence-corrected chi connectivity index (χ1v) is 10.4. The zero-order valence-electron chi connectivity index (χ0n) is 16.7. The van der Waals surface area contributed by atoms with E-state index in [1.165, 1.54) is 28.2 Å². The van der Waals surface area contributed by atoms with Crippen LogP contribution < -0.4 is 5.32 Å². The molecular weight excluding hydrogens is 431 g/mol. The van der Waals surface area contributed by atoms with Crippen LogP contribution in [0.3, 0.4) is 0 Å². The fourth-order valence-corrected chi connectivity index (χ4v) is 3.81. The summed E-state index contributed by atoms with van der Waals surface area (Å²) in [6, 6.07) is 16.7. The molecule has 1 amide bonds. The van der Waals surface area contributed by atoms with Crippen molar-refractivity contribution in [1.29, 1.82) is 0 Å². The van der Waals surface area contributed by atoms with Crippen molar-refractivity contribution in [1.82, 2.24) is 24.9 Å². The second kappa shape index (κ2) is 8.16. The Balaban J connectivity index is 1.51. The average Bonchev–Trinajstić information content (AvgIpc) is 3.55. The highest BCUT2D eigenvalue weighted by Crippen LogP contribution is 2.28. The third-order valence-corrected chi connectivity index (χ3v) is 5.43. The van der Waals surface area contributed by atoms with Crippen molar-refractivity contribution in [2.45, 2.75) is 6.92 Å². The number of amides is 1. The minimum atomic E-state index is -0.503. The number of carbonyl (C=O) groups excluding carboxylic acids is 1. The van der Waals surface area contributed by atoms with Gasteiger partial charge < -0.3 is 9.84 Å². The lowest BCUT2D eigenvalue weighted by molar-refractivity contribution is 0.101. The van der Waals surface area contributed by atoms with Crippen molar-refractivity contribution < 1.29 is 13.7 Å². The molecule has 32 heavy (non-hydrogen) atoms. The Bertz CT molecular complexity index is 1390. The average molecular weight is 446 g/mol. The van der Waals surface area contributed by atoms with Gasteiger partial charge >= 0.3 is 0 Å². The van der Waals surface area contributed by atoms with Gasteiger partial charge in [-0.15, -0.1) is 16.4 Å². The van der Waals surface area contributed by atoms with Crippen molar-refractivity contribution >= 4 is 22.9 Å². The maximum absolute atomic E-state index is 13.4. The van der Waals surface area contributed by atoms with E-state index < -0.39 is 5.91 Å². The number of para-hydroxylation sites is 1. The lowest BCUT2D eigenvalue weighted by Crippen LogP contribution is -2.15. The van der Waals surface area contributed by atoms with Crippen LogP contribution in [-0.2, 0) is 0 Å². The van der Waals surface area contributed by atoms with Gasteiger partial charge in [-0.05, 0) is 47.8 Å². The molecule has 0 aliphatic carbocycles. The summed E-state index contributed by atoms with van der Waals surface area (Å²) < 4.78 is 20.0. The van der Waals surface area contributed by atoms with E-state index in [0.717, 1.165) is 4.88 Å². The second-order valence-corrected chi connectivity index (χ2v) is 7.71. The third-order valence-electron chi connectivity index (χ3n) is 4.57. The lowest BCUT2D eigenvalue weighted by Gasteiger charge is -2.06. The van der Waals surface area contributed by atoms with Gasteiger partial charge in [-0.3, -0.25) is 4.79 Å². The molecule has 0 saturated carbocycles. The van der Waals surface area contributed by atoms with Crippen LogP contribution in [0, 0.1) is 12.7 Å². The molecule has 0 saturated heterocycles. The van der Waals surface area contributed by atoms with Gasteiger partial charge in [0.25, 0.3) is 5.91 Å². The summed E-state index contributed by atoms with van der Waals surface area (Å²) in [5.41, 5.74) is 1.69. The highest BCUT2D eigenvalue weighted by atomic mass is 32.1. The molecule has 1 N–H and O–H groups in total. The van der Waals surface area contributed by atoms with E-state index in [1.54, 1.807) is 37.3 Å². The summed E-state index contributed by atoms with van der Waals surface area (Å²) in [5, 5.41) is 13.1. The molecule has 5 aromatic rings. The summed E-state index contributed by atoms with van der Waals surface area (Å²) >= 11 is 1.46. The van der Waals surface area contributed by atoms with E-state index >= 15 is 0 Å². The van der Waals surface area contributed by atoms with Crippen LogP contribution in [0.15, 0.2) is 70.6 Å². The number of nitrogens with one attached hydrogen (secondary N) is 1. The van der Waals surface area contributed by atoms with Crippen LogP contribution in [0.5, 0.6) is 0 Å². The van der Waals surface area contributed by atoms with Crippen LogP contribution in [0.2, 0.25) is 0 Å². The molecule has 0 radical (unpaired) electrons. The molecule has 3 heterocycles. The minimum absolute atomic E-state index is 0.0307. The Kier molecular flexibility index (Phi) is 5.04. The first kappa shape index (κ1) is 19.8. The summed E-state index contributed by atoms with van der Waals surface area (Å²) in [4.78, 5) is 22.6. The number of hydrogen-bond acceptors (Lipinski definition) is 7. The Morgan fingerprint density at radius 3 is 2.59 bits per heavy atom. The predicted octanol–water partition coefficient (Wildman–Crippen LogP) is 4.75. The highest BCUT2D eigenvalue weighted by molar-refractivity contribution is 7.13. The Labute approximate surface area is 185 Å². The van der Waals surface area contributed by atoms with Crippen molar-refractivity contribution in [3.8, 4) is 27.8 Å². The maximum atomic E-state index is 13.4. The first-order chi connectivity index (χ1) is 15.6. The number of halogens is 1. The lowest BCUT2D eigenvalue weighted by atomic mass is 10.1. The number of rotatable bonds is 5. The largest absolute Gasteiger partial charge is 0.339 e. The molecule has 158 valence electrons. The van der Waals surface area contributed by atoms with E-state index in [2.05, 4.69) is 25.5 Å². The molecule has 10 heteroatoms. The molecular formula is C22H15FN6O2S. The Morgan fingerprint density at radius 2 is 1.88 bits per heavy atom. The normalized spacial score (nSPS) is 10.9. The maximum Gasteiger partial charge on any atom is 0.295 e. The zero-order chi connectivity index (χ0) is 22.1. The minimum Gasteiger partial charge on any atom is -0.339 e. The first-order valence-electron chi connectivity index (χ1n) is 9.56. The molecule has 0 aliphatic rings. The van der Waals surface area contributed by atoms with Crippen molar-refractivity contribution in [3.63, 3.8) is 0 Å². The summed E-state index contributed by atoms with van der Waals surface area (Å²) in [6.07, 6.45) is 0. The van der Waals surface area contributed by atoms with Gasteiger partial charge in [0, 0.05) is 12.5 Å². The predicted molar refractivity (Wildman–Crippen MR) is 117 cm³/mol. The van der Waals surface area contributed by atoms with E-state index in [-0.39, 0.29) is 11.6 Å². The molecule has 3 aromatic heterocycles. The van der Waals surface area contributed by atoms with Crippen LogP contribution in [-0.4, -0.2) is 30.8 Å². The Hall–Kier alpha value is -4.18. The molecule has 5 rings (SSSR count). The monoisotopic (exact) mass is 446 g/mol. The van der Waals surface area contributed by atoms with Crippen molar-refractivity contribution in [2.75, 3.05) is 5.32 Å². The number of aromatic nitrogens is 5. The van der Waals surface area contributed by atoms with Crippen LogP contribution in [0.4, 0.5) is 10.1 Å². The van der Waals surface area contributed by atoms with Gasteiger partial charge in [0.2, 0.25) is 17.5 Å². The van der Waals surface area contributed by atoms with Gasteiger partial charge in [0.1, 0.15) is 5.82 Å². The topological polar surface area (TPSA) is 98.7 Å². The number of thiophene rings is 1. The van der Waals surface area contributed by atoms with Crippen molar-refractivity contribution in [3.05, 3.63) is 83.6 Å². The van der Waals surface area contributed by atoms with E-state index in [0.29, 0.717) is 34.5 Å². The fraction of sp³-hybridized carbons (Fsp3) is 0.0455. The van der Waals surface area contributed by atoms with E-state index in [9.17, 15) is 9.18 Å². The van der Waals surface area contributed by atoms with Gasteiger partial charge in [0.05, 0.1) is 16.3 Å². The van der Waals surface area contributed by atoms with E-state index in [1.807, 2.05) is 23.6 Å². The number of carbonyl (C=O) groups is 1. The van der Waals surface area contributed by atoms with Gasteiger partial charge in [-0.2, -0.15) is 4.98 Å². The fourth-order valence-electron chi connectivity index (χ4n) is 3.11. The smallest absolute Gasteiger partial charge is 0.295 e. The summed E-state index contributed by atoms with van der Waals surface area (Å²) in [5.74, 6) is 0.369. The SMILES string of the molecule is Cc1nc(-c2ccccc2NC(=O)c2nc(-c3cccs3)n(-c3ccc(F)cc3)n2)no1. The number of nitrogens with zero attached hydrogens (tertiary/aromatic N) is 5. The summed E-state index contributed by atoms with van der Waals surface area (Å²) in [6.45, 7) is 1.69. The molecule has 0 aliphatic heterocycles. The van der Waals surface area contributed by atoms with Crippen LogP contribution in [0.1, 0.15) is 16.5 Å². The van der Waals surface area contributed by atoms with E-state index in [4.69, 9.17) is 4.52 Å². The molecule has 2 aromatic carbocycles. The molecule has 0 atom stereocenters. The third kappa shape index (κ3) is 3.79. The summed E-state index contributed by atoms with van der Waals surface area (Å²) in [7, 11) is 0. The standard InChI is InChI=1S/C22H15FN6O2S/c1-13-24-19(28-31-13)16-5-2-3-6-17(16)25-22(30)20-26-21(18-7-4-12-32-18)29(27-20)15-10-8-14(23)9-11-15/h2-12H,1H3,(H,25,30). The number of benzene rings is 2. The molecule has 8 nitrogen and oxygen atoms in total. The second-order valence-electron chi connectivity index (χ2n) is 6.76. The number of hydrogen-bond donors (Lipinski definition) is 1. The Morgan fingerprint density at radius 1 is 1.06 bits per heavy atom. The number of aryl methyl sites for hydroxylation is 1. The molecule has 0 unspecified atom stereocenters. The highest BCUT2D eigenvalue weighted by Gasteiger charge is 2.21. The molecule has 0 spiro atoms. The number of anilines is 1. The van der Waals surface area contributed by atoms with Crippen LogP contribution >= 0.6 is 11.3 Å². The van der Waals surface area contributed by atoms with Gasteiger partial charge in [-0.25, -0.2) is 14.1 Å². The van der Waals surface area contributed by atoms with Gasteiger partial charge in [0.15, 0.2) is 5.82 Å². The zero-order valence-corrected chi connectivity index (χ0v) is 17.5. The van der Waals surface area contributed by atoms with Gasteiger partial charge in [-0.1, -0.05) is 23.4 Å². The molecule has 0 fully saturated rings. The van der Waals surface area contributed by atoms with Crippen LogP contribution in [0.25, 0.3) is 27.8 Å². The molecule has 0 bridgehead atoms. The quantitative estimate of drug-likeness (QED) is 0.418.